The van der Waals surface area contributed by atoms with Crippen molar-refractivity contribution in [1.82, 2.24) is 5.01 Å². The van der Waals surface area contributed by atoms with Gasteiger partial charge in [0.25, 0.3) is 0 Å². The minimum absolute atomic E-state index is 0.0258. The molecule has 1 aromatic rings. The zero-order chi connectivity index (χ0) is 15.8. The van der Waals surface area contributed by atoms with Crippen molar-refractivity contribution in [3.63, 3.8) is 0 Å². The van der Waals surface area contributed by atoms with Gasteiger partial charge in [0.15, 0.2) is 0 Å². The number of aryl methyl sites for hydroxylation is 1. The molecule has 21 heavy (non-hydrogen) atoms. The number of thioether (sulfide) groups is 1. The third-order valence-corrected chi connectivity index (χ3v) is 3.83. The molecular weight excluding hydrogens is 288 g/mol. The second kappa shape index (κ2) is 8.46. The number of nitrogens with zero attached hydrogens (tertiary/aromatic N) is 2. The summed E-state index contributed by atoms with van der Waals surface area (Å²) >= 11 is 1.10. The molecule has 0 aliphatic heterocycles. The van der Waals surface area contributed by atoms with Crippen LogP contribution in [0.4, 0.5) is 0 Å². The maximum atomic E-state index is 12.4. The molecule has 114 valence electrons. The second-order valence-corrected chi connectivity index (χ2v) is 5.56. The number of ether oxygens (including phenoxy) is 1. The summed E-state index contributed by atoms with van der Waals surface area (Å²) in [5.41, 5.74) is 1.13. The molecular formula is C15H20N2O3S. The van der Waals surface area contributed by atoms with Crippen LogP contribution >= 0.6 is 11.8 Å². The molecule has 0 aromatic heterocycles. The monoisotopic (exact) mass is 308 g/mol. The summed E-state index contributed by atoms with van der Waals surface area (Å²) in [6, 6.07) is 7.00. The Morgan fingerprint density at radius 2 is 2.00 bits per heavy atom. The van der Waals surface area contributed by atoms with Gasteiger partial charge < -0.3 is 4.74 Å². The predicted molar refractivity (Wildman–Crippen MR) is 84.4 cm³/mol. The lowest BCUT2D eigenvalue weighted by Gasteiger charge is -2.22. The van der Waals surface area contributed by atoms with Gasteiger partial charge in [0.05, 0.1) is 13.5 Å². The normalized spacial score (nSPS) is 12.2. The van der Waals surface area contributed by atoms with Gasteiger partial charge in [0.1, 0.15) is 6.04 Å². The topological polar surface area (TPSA) is 59.0 Å². The van der Waals surface area contributed by atoms with Crippen molar-refractivity contribution in [3.8, 4) is 0 Å². The van der Waals surface area contributed by atoms with E-state index in [2.05, 4.69) is 9.84 Å². The van der Waals surface area contributed by atoms with Gasteiger partial charge in [-0.25, -0.2) is 0 Å². The summed E-state index contributed by atoms with van der Waals surface area (Å²) in [5, 5.41) is 5.40. The highest BCUT2D eigenvalue weighted by Gasteiger charge is 2.26. The molecule has 0 spiro atoms. The number of hydrazone groups is 1. The molecule has 1 aromatic carbocycles. The van der Waals surface area contributed by atoms with Gasteiger partial charge in [-0.05, 0) is 37.7 Å². The van der Waals surface area contributed by atoms with Gasteiger partial charge in [-0.15, -0.1) is 0 Å². The van der Waals surface area contributed by atoms with E-state index in [9.17, 15) is 9.59 Å². The van der Waals surface area contributed by atoms with Crippen molar-refractivity contribution in [2.75, 3.05) is 14.2 Å². The van der Waals surface area contributed by atoms with E-state index in [0.29, 0.717) is 0 Å². The van der Waals surface area contributed by atoms with Gasteiger partial charge in [0.2, 0.25) is 5.12 Å². The summed E-state index contributed by atoms with van der Waals surface area (Å²) < 4.78 is 4.65. The van der Waals surface area contributed by atoms with Crippen LogP contribution < -0.4 is 0 Å². The lowest BCUT2D eigenvalue weighted by Crippen LogP contribution is -2.36. The van der Waals surface area contributed by atoms with Crippen molar-refractivity contribution in [3.05, 3.63) is 29.8 Å². The van der Waals surface area contributed by atoms with Crippen LogP contribution in [0, 0.1) is 6.92 Å². The largest absolute Gasteiger partial charge is 0.469 e. The fourth-order valence-electron chi connectivity index (χ4n) is 1.66. The zero-order valence-corrected chi connectivity index (χ0v) is 13.5. The Hall–Kier alpha value is -1.82. The van der Waals surface area contributed by atoms with Crippen LogP contribution in [0.5, 0.6) is 0 Å². The average molecular weight is 308 g/mol. The number of likely N-dealkylation sites (N-methyl/N-ethyl adjacent to an activating group) is 1. The first kappa shape index (κ1) is 17.2. The smallest absolute Gasteiger partial charge is 0.308 e. The molecule has 0 N–H and O–H groups in total. The van der Waals surface area contributed by atoms with Crippen molar-refractivity contribution in [2.45, 2.75) is 31.2 Å². The van der Waals surface area contributed by atoms with Crippen LogP contribution in [0.3, 0.4) is 0 Å². The first-order chi connectivity index (χ1) is 9.97. The standard InChI is InChI=1S/C15H20N2O3S/c1-5-16-17(3)13(10-14(18)20-4)15(19)21-12-8-6-11(2)7-9-12/h5-9,13H,10H2,1-4H3. The highest BCUT2D eigenvalue weighted by Crippen LogP contribution is 2.23. The molecule has 0 heterocycles. The molecule has 1 rings (SSSR count). The lowest BCUT2D eigenvalue weighted by atomic mass is 10.2. The molecule has 1 unspecified atom stereocenters. The lowest BCUT2D eigenvalue weighted by molar-refractivity contribution is -0.143. The van der Waals surface area contributed by atoms with E-state index < -0.39 is 12.0 Å². The van der Waals surface area contributed by atoms with Crippen LogP contribution in [-0.2, 0) is 14.3 Å². The molecule has 1 atom stereocenters. The number of rotatable bonds is 6. The van der Waals surface area contributed by atoms with Gasteiger partial charge in [-0.1, -0.05) is 17.7 Å². The fraction of sp³-hybridized carbons (Fsp3) is 0.400. The molecule has 0 radical (unpaired) electrons. The maximum Gasteiger partial charge on any atom is 0.308 e. The molecule has 0 bridgehead atoms. The number of carbonyl (C=O) groups excluding carboxylic acids is 2. The Morgan fingerprint density at radius 3 is 2.52 bits per heavy atom. The minimum Gasteiger partial charge on any atom is -0.469 e. The van der Waals surface area contributed by atoms with Crippen molar-refractivity contribution in [2.24, 2.45) is 5.10 Å². The third-order valence-electron chi connectivity index (χ3n) is 2.85. The van der Waals surface area contributed by atoms with E-state index in [1.165, 1.54) is 12.1 Å². The maximum absolute atomic E-state index is 12.4. The Kier molecular flexibility index (Phi) is 6.94. The molecule has 6 heteroatoms. The van der Waals surface area contributed by atoms with E-state index in [-0.39, 0.29) is 11.5 Å². The van der Waals surface area contributed by atoms with Gasteiger partial charge in [-0.2, -0.15) is 5.10 Å². The van der Waals surface area contributed by atoms with Crippen LogP contribution in [0.1, 0.15) is 18.9 Å². The summed E-state index contributed by atoms with van der Waals surface area (Å²) in [7, 11) is 2.97. The van der Waals surface area contributed by atoms with E-state index in [0.717, 1.165) is 22.2 Å². The second-order valence-electron chi connectivity index (χ2n) is 4.48. The number of benzene rings is 1. The Bertz CT molecular complexity index is 514. The summed E-state index contributed by atoms with van der Waals surface area (Å²) in [6.07, 6.45) is 1.55. The van der Waals surface area contributed by atoms with Gasteiger partial charge in [-0.3, -0.25) is 14.6 Å². The van der Waals surface area contributed by atoms with Crippen LogP contribution in [0.25, 0.3) is 0 Å². The number of hydrogen-bond acceptors (Lipinski definition) is 6. The molecule has 0 saturated heterocycles. The van der Waals surface area contributed by atoms with Crippen molar-refractivity contribution in [1.29, 1.82) is 0 Å². The quantitative estimate of drug-likeness (QED) is 0.350. The van der Waals surface area contributed by atoms with E-state index >= 15 is 0 Å². The first-order valence-electron chi connectivity index (χ1n) is 6.54. The number of esters is 1. The molecule has 0 amide bonds. The third kappa shape index (κ3) is 5.59. The number of carbonyl (C=O) groups is 2. The summed E-state index contributed by atoms with van der Waals surface area (Å²) in [5.74, 6) is -0.434. The van der Waals surface area contributed by atoms with E-state index in [1.54, 1.807) is 20.2 Å². The molecule has 0 aliphatic rings. The molecule has 0 aliphatic carbocycles. The Labute approximate surface area is 129 Å². The van der Waals surface area contributed by atoms with E-state index in [1.807, 2.05) is 31.2 Å². The highest BCUT2D eigenvalue weighted by molar-refractivity contribution is 8.13. The summed E-state index contributed by atoms with van der Waals surface area (Å²) in [4.78, 5) is 24.7. The zero-order valence-electron chi connectivity index (χ0n) is 12.7. The van der Waals surface area contributed by atoms with Gasteiger partial charge >= 0.3 is 5.97 Å². The highest BCUT2D eigenvalue weighted by atomic mass is 32.2. The van der Waals surface area contributed by atoms with Crippen LogP contribution in [0.2, 0.25) is 0 Å². The molecule has 0 fully saturated rings. The Morgan fingerprint density at radius 1 is 1.38 bits per heavy atom. The number of methoxy groups -OCH3 is 1. The van der Waals surface area contributed by atoms with Crippen LogP contribution in [0.15, 0.2) is 34.3 Å². The van der Waals surface area contributed by atoms with Gasteiger partial charge in [0, 0.05) is 18.2 Å². The fourth-order valence-corrected chi connectivity index (χ4v) is 2.54. The van der Waals surface area contributed by atoms with Crippen LogP contribution in [-0.4, -0.2) is 42.5 Å². The molecule has 5 nitrogen and oxygen atoms in total. The minimum atomic E-state index is -0.653. The van der Waals surface area contributed by atoms with Crippen molar-refractivity contribution < 1.29 is 14.3 Å². The predicted octanol–water partition coefficient (Wildman–Crippen LogP) is 2.48. The first-order valence-corrected chi connectivity index (χ1v) is 7.36. The SMILES string of the molecule is CC=NN(C)C(CC(=O)OC)C(=O)Sc1ccc(C)cc1. The number of hydrogen-bond donors (Lipinski definition) is 0. The summed E-state index contributed by atoms with van der Waals surface area (Å²) in [6.45, 7) is 3.74. The van der Waals surface area contributed by atoms with Crippen molar-refractivity contribution >= 4 is 29.1 Å². The average Bonchev–Trinajstić information content (AvgIpc) is 2.46. The van der Waals surface area contributed by atoms with E-state index in [4.69, 9.17) is 0 Å². The Balaban J connectivity index is 2.83. The molecule has 0 saturated carbocycles.